The molecule has 1 heterocycles. The Morgan fingerprint density at radius 1 is 1.47 bits per heavy atom. The summed E-state index contributed by atoms with van der Waals surface area (Å²) in [7, 11) is -2.90. The lowest BCUT2D eigenvalue weighted by Gasteiger charge is -2.15. The minimum atomic E-state index is -2.90. The minimum absolute atomic E-state index is 0.0511. The molecule has 0 bridgehead atoms. The molecule has 0 amide bonds. The molecule has 0 saturated heterocycles. The van der Waals surface area contributed by atoms with Crippen molar-refractivity contribution in [1.82, 2.24) is 10.4 Å². The Hall–Kier alpha value is -0.980. The van der Waals surface area contributed by atoms with Crippen LogP contribution in [0.3, 0.4) is 0 Å². The van der Waals surface area contributed by atoms with Crippen LogP contribution in [0, 0.1) is 6.92 Å². The van der Waals surface area contributed by atoms with Gasteiger partial charge in [-0.1, -0.05) is 6.07 Å². The summed E-state index contributed by atoms with van der Waals surface area (Å²) >= 11 is 0. The lowest BCUT2D eigenvalue weighted by molar-refractivity contribution is 0.506. The Morgan fingerprint density at radius 2 is 2.18 bits per heavy atom. The molecule has 0 aliphatic carbocycles. The summed E-state index contributed by atoms with van der Waals surface area (Å²) in [6, 6.07) is 3.81. The number of hydrogen-bond donors (Lipinski definition) is 2. The SMILES string of the molecule is Cc1ccc(C(CCCS(C)(=O)=O)NN)cn1. The van der Waals surface area contributed by atoms with E-state index in [0.717, 1.165) is 11.3 Å². The number of aryl methyl sites for hydroxylation is 1. The van der Waals surface area contributed by atoms with E-state index in [0.29, 0.717) is 12.8 Å². The van der Waals surface area contributed by atoms with E-state index < -0.39 is 9.84 Å². The summed E-state index contributed by atoms with van der Waals surface area (Å²) < 4.78 is 22.0. The van der Waals surface area contributed by atoms with E-state index in [-0.39, 0.29) is 11.8 Å². The standard InChI is InChI=1S/C11H19N3O2S/c1-9-5-6-10(8-13-9)11(14-12)4-3-7-17(2,15)16/h5-6,8,11,14H,3-4,7,12H2,1-2H3. The van der Waals surface area contributed by atoms with Crippen LogP contribution in [0.4, 0.5) is 0 Å². The number of nitrogens with zero attached hydrogens (tertiary/aromatic N) is 1. The minimum Gasteiger partial charge on any atom is -0.271 e. The van der Waals surface area contributed by atoms with Gasteiger partial charge in [0.2, 0.25) is 0 Å². The number of pyridine rings is 1. The number of rotatable bonds is 6. The van der Waals surface area contributed by atoms with Crippen LogP contribution in [0.15, 0.2) is 18.3 Å². The normalized spacial score (nSPS) is 13.6. The maximum absolute atomic E-state index is 11.0. The first-order chi connectivity index (χ1) is 7.92. The van der Waals surface area contributed by atoms with E-state index in [4.69, 9.17) is 5.84 Å². The Bertz CT molecular complexity index is 442. The van der Waals surface area contributed by atoms with E-state index in [1.807, 2.05) is 19.1 Å². The molecule has 0 saturated carbocycles. The van der Waals surface area contributed by atoms with Gasteiger partial charge in [-0.25, -0.2) is 8.42 Å². The van der Waals surface area contributed by atoms with Gasteiger partial charge in [-0.15, -0.1) is 0 Å². The van der Waals surface area contributed by atoms with Gasteiger partial charge in [0.25, 0.3) is 0 Å². The highest BCUT2D eigenvalue weighted by atomic mass is 32.2. The highest BCUT2D eigenvalue weighted by Crippen LogP contribution is 2.17. The number of nitrogens with two attached hydrogens (primary N) is 1. The summed E-state index contributed by atoms with van der Waals surface area (Å²) in [5, 5.41) is 0. The largest absolute Gasteiger partial charge is 0.271 e. The quantitative estimate of drug-likeness (QED) is 0.579. The smallest absolute Gasteiger partial charge is 0.147 e. The number of hydrazine groups is 1. The van der Waals surface area contributed by atoms with Crippen LogP contribution in [0.2, 0.25) is 0 Å². The molecule has 0 aliphatic rings. The third kappa shape index (κ3) is 5.25. The van der Waals surface area contributed by atoms with Gasteiger partial charge in [0, 0.05) is 29.9 Å². The van der Waals surface area contributed by atoms with Gasteiger partial charge in [0.1, 0.15) is 9.84 Å². The van der Waals surface area contributed by atoms with Crippen LogP contribution in [0.25, 0.3) is 0 Å². The molecule has 0 radical (unpaired) electrons. The fourth-order valence-corrected chi connectivity index (χ4v) is 2.27. The monoisotopic (exact) mass is 257 g/mol. The van der Waals surface area contributed by atoms with Crippen LogP contribution in [0.1, 0.15) is 30.1 Å². The van der Waals surface area contributed by atoms with Gasteiger partial charge >= 0.3 is 0 Å². The molecule has 0 aromatic carbocycles. The maximum atomic E-state index is 11.0. The van der Waals surface area contributed by atoms with E-state index >= 15 is 0 Å². The number of nitrogens with one attached hydrogen (secondary N) is 1. The van der Waals surface area contributed by atoms with Gasteiger partial charge in [-0.05, 0) is 31.4 Å². The Balaban J connectivity index is 2.57. The molecule has 1 aromatic heterocycles. The van der Waals surface area contributed by atoms with Crippen molar-refractivity contribution in [1.29, 1.82) is 0 Å². The zero-order valence-electron chi connectivity index (χ0n) is 10.2. The molecule has 0 aliphatic heterocycles. The van der Waals surface area contributed by atoms with E-state index in [9.17, 15) is 8.42 Å². The second kappa shape index (κ2) is 6.09. The molecule has 5 nitrogen and oxygen atoms in total. The molecular formula is C11H19N3O2S. The average molecular weight is 257 g/mol. The van der Waals surface area contributed by atoms with Crippen molar-refractivity contribution < 1.29 is 8.42 Å². The van der Waals surface area contributed by atoms with Crippen LogP contribution >= 0.6 is 0 Å². The fourth-order valence-electron chi connectivity index (χ4n) is 1.58. The highest BCUT2D eigenvalue weighted by Gasteiger charge is 2.11. The van der Waals surface area contributed by atoms with Gasteiger partial charge in [0.15, 0.2) is 0 Å². The fraction of sp³-hybridized carbons (Fsp3) is 0.545. The van der Waals surface area contributed by atoms with E-state index in [1.165, 1.54) is 6.26 Å². The van der Waals surface area contributed by atoms with Crippen molar-refractivity contribution in [3.63, 3.8) is 0 Å². The topological polar surface area (TPSA) is 85.1 Å². The second-order valence-corrected chi connectivity index (χ2v) is 6.48. The van der Waals surface area contributed by atoms with Gasteiger partial charge in [-0.2, -0.15) is 0 Å². The third-order valence-corrected chi connectivity index (χ3v) is 3.58. The number of hydrogen-bond acceptors (Lipinski definition) is 5. The Morgan fingerprint density at radius 3 is 2.65 bits per heavy atom. The molecule has 0 fully saturated rings. The van der Waals surface area contributed by atoms with Crippen molar-refractivity contribution in [2.45, 2.75) is 25.8 Å². The first kappa shape index (κ1) is 14.1. The molecular weight excluding hydrogens is 238 g/mol. The zero-order valence-corrected chi connectivity index (χ0v) is 11.0. The van der Waals surface area contributed by atoms with Gasteiger partial charge < -0.3 is 0 Å². The van der Waals surface area contributed by atoms with Crippen LogP contribution in [-0.4, -0.2) is 25.4 Å². The Labute approximate surface area is 102 Å². The first-order valence-electron chi connectivity index (χ1n) is 5.49. The van der Waals surface area contributed by atoms with Crippen molar-refractivity contribution in [2.24, 2.45) is 5.84 Å². The van der Waals surface area contributed by atoms with Crippen molar-refractivity contribution >= 4 is 9.84 Å². The average Bonchev–Trinajstić information content (AvgIpc) is 2.24. The lowest BCUT2D eigenvalue weighted by atomic mass is 10.1. The predicted molar refractivity (Wildman–Crippen MR) is 68.0 cm³/mol. The molecule has 1 unspecified atom stereocenters. The molecule has 0 spiro atoms. The van der Waals surface area contributed by atoms with Crippen molar-refractivity contribution in [3.05, 3.63) is 29.6 Å². The van der Waals surface area contributed by atoms with E-state index in [1.54, 1.807) is 6.20 Å². The second-order valence-electron chi connectivity index (χ2n) is 4.22. The third-order valence-electron chi connectivity index (χ3n) is 2.55. The van der Waals surface area contributed by atoms with Crippen molar-refractivity contribution in [3.8, 4) is 0 Å². The summed E-state index contributed by atoms with van der Waals surface area (Å²) in [5.41, 5.74) is 4.61. The van der Waals surface area contributed by atoms with Crippen LogP contribution < -0.4 is 11.3 Å². The van der Waals surface area contributed by atoms with Crippen molar-refractivity contribution in [2.75, 3.05) is 12.0 Å². The summed E-state index contributed by atoms with van der Waals surface area (Å²) in [5.74, 6) is 5.65. The van der Waals surface area contributed by atoms with Gasteiger partial charge in [0.05, 0.1) is 0 Å². The number of sulfone groups is 1. The van der Waals surface area contributed by atoms with Crippen LogP contribution in [-0.2, 0) is 9.84 Å². The lowest BCUT2D eigenvalue weighted by Crippen LogP contribution is -2.28. The van der Waals surface area contributed by atoms with E-state index in [2.05, 4.69) is 10.4 Å². The Kier molecular flexibility index (Phi) is 5.04. The van der Waals surface area contributed by atoms with Crippen LogP contribution in [0.5, 0.6) is 0 Å². The maximum Gasteiger partial charge on any atom is 0.147 e. The molecule has 1 aromatic rings. The zero-order chi connectivity index (χ0) is 12.9. The first-order valence-corrected chi connectivity index (χ1v) is 7.55. The molecule has 17 heavy (non-hydrogen) atoms. The molecule has 1 rings (SSSR count). The summed E-state index contributed by atoms with van der Waals surface area (Å²) in [6.07, 6.45) is 4.27. The summed E-state index contributed by atoms with van der Waals surface area (Å²) in [4.78, 5) is 4.19. The predicted octanol–water partition coefficient (Wildman–Crippen LogP) is 0.719. The molecule has 1 atom stereocenters. The van der Waals surface area contributed by atoms with Gasteiger partial charge in [-0.3, -0.25) is 16.3 Å². The highest BCUT2D eigenvalue weighted by molar-refractivity contribution is 7.90. The molecule has 3 N–H and O–H groups in total. The molecule has 6 heteroatoms. The number of aromatic nitrogens is 1. The molecule has 96 valence electrons. The summed E-state index contributed by atoms with van der Waals surface area (Å²) in [6.45, 7) is 1.91.